The second-order valence-corrected chi connectivity index (χ2v) is 3.96. The lowest BCUT2D eigenvalue weighted by Gasteiger charge is -2.08. The minimum absolute atomic E-state index is 0.246. The molecule has 1 aromatic carbocycles. The van der Waals surface area contributed by atoms with Gasteiger partial charge in [0.1, 0.15) is 11.2 Å². The third-order valence-electron chi connectivity index (χ3n) is 1.84. The van der Waals surface area contributed by atoms with Crippen LogP contribution < -0.4 is 0 Å². The van der Waals surface area contributed by atoms with Crippen LogP contribution in [0.3, 0.4) is 0 Å². The van der Waals surface area contributed by atoms with Crippen molar-refractivity contribution in [2.45, 2.75) is 17.6 Å². The molecule has 1 aromatic rings. The number of ketones is 1. The van der Waals surface area contributed by atoms with E-state index in [9.17, 15) is 9.18 Å². The largest absolute Gasteiger partial charge is 0.298 e. The molecular formula is C10H9BrClFO. The fraction of sp³-hybridized carbons (Fsp3) is 0.300. The van der Waals surface area contributed by atoms with E-state index >= 15 is 0 Å². The number of alkyl halides is 2. The molecule has 76 valence electrons. The summed E-state index contributed by atoms with van der Waals surface area (Å²) in [4.78, 5) is 11.0. The lowest BCUT2D eigenvalue weighted by atomic mass is 10.1. The van der Waals surface area contributed by atoms with Crippen LogP contribution in [0.15, 0.2) is 18.2 Å². The third kappa shape index (κ3) is 2.55. The Morgan fingerprint density at radius 1 is 1.64 bits per heavy atom. The summed E-state index contributed by atoms with van der Waals surface area (Å²) in [5.74, 6) is -0.692. The first kappa shape index (κ1) is 11.7. The molecule has 0 aliphatic rings. The summed E-state index contributed by atoms with van der Waals surface area (Å²) < 4.78 is 13.3. The van der Waals surface area contributed by atoms with Crippen LogP contribution in [-0.4, -0.2) is 5.78 Å². The number of hydrogen-bond acceptors (Lipinski definition) is 1. The molecule has 0 heterocycles. The molecule has 1 nitrogen and oxygen atoms in total. The van der Waals surface area contributed by atoms with E-state index in [0.29, 0.717) is 5.33 Å². The van der Waals surface area contributed by atoms with Gasteiger partial charge in [0.25, 0.3) is 0 Å². The van der Waals surface area contributed by atoms with Gasteiger partial charge in [-0.05, 0) is 18.6 Å². The van der Waals surface area contributed by atoms with Crippen molar-refractivity contribution in [1.29, 1.82) is 0 Å². The maximum absolute atomic E-state index is 13.3. The molecule has 0 N–H and O–H groups in total. The van der Waals surface area contributed by atoms with Gasteiger partial charge in [-0.2, -0.15) is 0 Å². The van der Waals surface area contributed by atoms with E-state index in [4.69, 9.17) is 11.6 Å². The van der Waals surface area contributed by atoms with Crippen molar-refractivity contribution in [2.24, 2.45) is 0 Å². The molecule has 0 aliphatic carbocycles. The number of rotatable bonds is 3. The lowest BCUT2D eigenvalue weighted by molar-refractivity contribution is -0.116. The van der Waals surface area contributed by atoms with Crippen LogP contribution in [-0.2, 0) is 10.1 Å². The maximum atomic E-state index is 13.3. The molecule has 1 unspecified atom stereocenters. The van der Waals surface area contributed by atoms with Gasteiger partial charge in [0.2, 0.25) is 0 Å². The van der Waals surface area contributed by atoms with Crippen LogP contribution in [0.2, 0.25) is 0 Å². The molecule has 0 bridgehead atoms. The van der Waals surface area contributed by atoms with Gasteiger partial charge in [-0.3, -0.25) is 4.79 Å². The van der Waals surface area contributed by atoms with Gasteiger partial charge in [0.05, 0.1) is 0 Å². The van der Waals surface area contributed by atoms with Crippen molar-refractivity contribution in [3.63, 3.8) is 0 Å². The molecule has 0 spiro atoms. The number of carbonyl (C=O) groups is 1. The second-order valence-electron chi connectivity index (χ2n) is 2.96. The predicted molar refractivity (Wildman–Crippen MR) is 58.3 cm³/mol. The first-order chi connectivity index (χ1) is 6.56. The highest BCUT2D eigenvalue weighted by atomic mass is 79.9. The topological polar surface area (TPSA) is 17.1 Å². The molecule has 14 heavy (non-hydrogen) atoms. The SMILES string of the molecule is CC(=O)C(Cl)c1cc(CBr)ccc1F. The van der Waals surface area contributed by atoms with Crippen LogP contribution in [0.4, 0.5) is 4.39 Å². The van der Waals surface area contributed by atoms with Crippen LogP contribution in [0.25, 0.3) is 0 Å². The smallest absolute Gasteiger partial charge is 0.152 e. The Morgan fingerprint density at radius 3 is 2.79 bits per heavy atom. The average molecular weight is 280 g/mol. The Bertz CT molecular complexity index is 354. The lowest BCUT2D eigenvalue weighted by Crippen LogP contribution is -2.04. The summed E-state index contributed by atoms with van der Waals surface area (Å²) in [7, 11) is 0. The van der Waals surface area contributed by atoms with E-state index < -0.39 is 11.2 Å². The zero-order valence-electron chi connectivity index (χ0n) is 7.56. The van der Waals surface area contributed by atoms with Crippen molar-refractivity contribution < 1.29 is 9.18 Å². The Kier molecular flexibility index (Phi) is 4.08. The molecule has 1 rings (SSSR count). The van der Waals surface area contributed by atoms with Gasteiger partial charge in [-0.25, -0.2) is 4.39 Å². The van der Waals surface area contributed by atoms with E-state index in [-0.39, 0.29) is 11.3 Å². The monoisotopic (exact) mass is 278 g/mol. The summed E-state index contributed by atoms with van der Waals surface area (Å²) in [5, 5.41) is -0.282. The molecule has 4 heteroatoms. The number of Topliss-reactive ketones (excluding diaryl/α,β-unsaturated/α-hetero) is 1. The summed E-state index contributed by atoms with van der Waals surface area (Å²) >= 11 is 9.02. The Labute approximate surface area is 95.4 Å². The molecule has 0 aliphatic heterocycles. The van der Waals surface area contributed by atoms with Gasteiger partial charge < -0.3 is 0 Å². The van der Waals surface area contributed by atoms with E-state index in [1.54, 1.807) is 12.1 Å². The van der Waals surface area contributed by atoms with E-state index in [1.165, 1.54) is 13.0 Å². The Hall–Kier alpha value is -0.410. The molecule has 0 saturated heterocycles. The highest BCUT2D eigenvalue weighted by Gasteiger charge is 2.17. The van der Waals surface area contributed by atoms with Crippen molar-refractivity contribution in [3.05, 3.63) is 35.1 Å². The van der Waals surface area contributed by atoms with Crippen molar-refractivity contribution in [3.8, 4) is 0 Å². The number of halogens is 3. The van der Waals surface area contributed by atoms with Crippen LogP contribution in [0.5, 0.6) is 0 Å². The molecule has 0 amide bonds. The summed E-state index contributed by atoms with van der Waals surface area (Å²) in [6.07, 6.45) is 0. The molecule has 1 atom stereocenters. The molecule has 0 radical (unpaired) electrons. The maximum Gasteiger partial charge on any atom is 0.152 e. The van der Waals surface area contributed by atoms with E-state index in [1.807, 2.05) is 0 Å². The zero-order chi connectivity index (χ0) is 10.7. The number of benzene rings is 1. The Morgan fingerprint density at radius 2 is 2.29 bits per heavy atom. The third-order valence-corrected chi connectivity index (χ3v) is 3.03. The van der Waals surface area contributed by atoms with Gasteiger partial charge in [-0.1, -0.05) is 28.1 Å². The highest BCUT2D eigenvalue weighted by molar-refractivity contribution is 9.08. The molecule has 0 saturated carbocycles. The average Bonchev–Trinajstić information content (AvgIpc) is 2.17. The van der Waals surface area contributed by atoms with Crippen LogP contribution >= 0.6 is 27.5 Å². The van der Waals surface area contributed by atoms with Gasteiger partial charge in [-0.15, -0.1) is 11.6 Å². The normalized spacial score (nSPS) is 12.6. The molecular weight excluding hydrogens is 270 g/mol. The first-order valence-electron chi connectivity index (χ1n) is 4.05. The minimum Gasteiger partial charge on any atom is -0.298 e. The van der Waals surface area contributed by atoms with E-state index in [0.717, 1.165) is 5.56 Å². The number of hydrogen-bond donors (Lipinski definition) is 0. The van der Waals surface area contributed by atoms with Crippen molar-refractivity contribution >= 4 is 33.3 Å². The fourth-order valence-corrected chi connectivity index (χ4v) is 1.61. The van der Waals surface area contributed by atoms with Crippen molar-refractivity contribution in [1.82, 2.24) is 0 Å². The molecule has 0 aromatic heterocycles. The fourth-order valence-electron chi connectivity index (χ4n) is 1.09. The van der Waals surface area contributed by atoms with Gasteiger partial charge in [0, 0.05) is 10.9 Å². The highest BCUT2D eigenvalue weighted by Crippen LogP contribution is 2.25. The van der Waals surface area contributed by atoms with Gasteiger partial charge >= 0.3 is 0 Å². The standard InChI is InChI=1S/C10H9BrClFO/c1-6(14)10(12)8-4-7(5-11)2-3-9(8)13/h2-4,10H,5H2,1H3. The number of carbonyl (C=O) groups excluding carboxylic acids is 1. The summed E-state index contributed by atoms with van der Waals surface area (Å²) in [5.41, 5.74) is 1.14. The predicted octanol–water partition coefficient (Wildman–Crippen LogP) is 3.59. The van der Waals surface area contributed by atoms with Gasteiger partial charge in [0.15, 0.2) is 5.78 Å². The quantitative estimate of drug-likeness (QED) is 0.773. The minimum atomic E-state index is -0.894. The van der Waals surface area contributed by atoms with Crippen LogP contribution in [0.1, 0.15) is 23.4 Å². The van der Waals surface area contributed by atoms with E-state index in [2.05, 4.69) is 15.9 Å². The summed E-state index contributed by atoms with van der Waals surface area (Å²) in [6, 6.07) is 4.57. The second kappa shape index (κ2) is 4.89. The summed E-state index contributed by atoms with van der Waals surface area (Å²) in [6.45, 7) is 1.35. The van der Waals surface area contributed by atoms with Crippen LogP contribution in [0, 0.1) is 5.82 Å². The van der Waals surface area contributed by atoms with Crippen molar-refractivity contribution in [2.75, 3.05) is 0 Å². The first-order valence-corrected chi connectivity index (χ1v) is 5.61. The zero-order valence-corrected chi connectivity index (χ0v) is 9.90. The molecule has 0 fully saturated rings. The Balaban J connectivity index is 3.11.